The molecule has 0 unspecified atom stereocenters. The third-order valence-electron chi connectivity index (χ3n) is 1.84. The van der Waals surface area contributed by atoms with Crippen molar-refractivity contribution >= 4 is 0 Å². The maximum atomic E-state index is 8.30. The highest BCUT2D eigenvalue weighted by Crippen LogP contribution is 1.93. The molecule has 0 radical (unpaired) electrons. The summed E-state index contributed by atoms with van der Waals surface area (Å²) in [5, 5.41) is 11.6. The molecule has 3 heteroatoms. The van der Waals surface area contributed by atoms with Crippen molar-refractivity contribution in [3.05, 3.63) is 0 Å². The average Bonchev–Trinajstić information content (AvgIpc) is 2.15. The first-order valence-corrected chi connectivity index (χ1v) is 5.46. The molecule has 0 heterocycles. The molecule has 82 valence electrons. The standard InChI is InChI=1S/C11H22N2O/c1-11(2)14-10-6-5-9-13-8-4-3-7-12/h11,13H,3-6,8-10H2,1-2H3. The summed E-state index contributed by atoms with van der Waals surface area (Å²) in [6.45, 7) is 6.96. The summed E-state index contributed by atoms with van der Waals surface area (Å²) in [6.07, 6.45) is 4.23. The van der Waals surface area contributed by atoms with Crippen molar-refractivity contribution in [2.75, 3.05) is 19.7 Å². The van der Waals surface area contributed by atoms with E-state index in [-0.39, 0.29) is 0 Å². The number of nitrogens with one attached hydrogen (secondary N) is 1. The van der Waals surface area contributed by atoms with Crippen molar-refractivity contribution in [1.82, 2.24) is 5.32 Å². The molecule has 0 aromatic rings. The lowest BCUT2D eigenvalue weighted by molar-refractivity contribution is 0.0760. The largest absolute Gasteiger partial charge is 0.379 e. The fourth-order valence-corrected chi connectivity index (χ4v) is 1.09. The number of ether oxygens (including phenoxy) is 1. The van der Waals surface area contributed by atoms with E-state index in [9.17, 15) is 0 Å². The lowest BCUT2D eigenvalue weighted by Crippen LogP contribution is -2.17. The Morgan fingerprint density at radius 3 is 2.57 bits per heavy atom. The molecule has 0 atom stereocenters. The van der Waals surface area contributed by atoms with E-state index in [0.717, 1.165) is 39.0 Å². The number of rotatable bonds is 9. The molecule has 14 heavy (non-hydrogen) atoms. The van der Waals surface area contributed by atoms with Gasteiger partial charge in [-0.15, -0.1) is 0 Å². The van der Waals surface area contributed by atoms with E-state index in [1.165, 1.54) is 0 Å². The summed E-state index contributed by atoms with van der Waals surface area (Å²) in [6, 6.07) is 2.13. The molecule has 0 amide bonds. The predicted molar refractivity (Wildman–Crippen MR) is 58.0 cm³/mol. The Bertz CT molecular complexity index is 152. The van der Waals surface area contributed by atoms with Crippen LogP contribution in [0.3, 0.4) is 0 Å². The maximum absolute atomic E-state index is 8.30. The quantitative estimate of drug-likeness (QED) is 0.577. The fraction of sp³-hybridized carbons (Fsp3) is 0.909. The third-order valence-corrected chi connectivity index (χ3v) is 1.84. The Morgan fingerprint density at radius 2 is 1.93 bits per heavy atom. The van der Waals surface area contributed by atoms with Crippen LogP contribution >= 0.6 is 0 Å². The molecule has 0 spiro atoms. The lowest BCUT2D eigenvalue weighted by atomic mass is 10.3. The normalized spacial score (nSPS) is 10.4. The first-order valence-electron chi connectivity index (χ1n) is 5.46. The zero-order chi connectivity index (χ0) is 10.6. The molecule has 0 saturated heterocycles. The highest BCUT2D eigenvalue weighted by Gasteiger charge is 1.93. The Kier molecular flexibility index (Phi) is 10.0. The van der Waals surface area contributed by atoms with Gasteiger partial charge in [0.2, 0.25) is 0 Å². The van der Waals surface area contributed by atoms with Gasteiger partial charge in [0.15, 0.2) is 0 Å². The number of nitrogens with zero attached hydrogens (tertiary/aromatic N) is 1. The van der Waals surface area contributed by atoms with Crippen molar-refractivity contribution in [3.63, 3.8) is 0 Å². The summed E-state index contributed by atoms with van der Waals surface area (Å²) < 4.78 is 5.42. The first-order chi connectivity index (χ1) is 6.77. The lowest BCUT2D eigenvalue weighted by Gasteiger charge is -2.07. The molecule has 0 fully saturated rings. The molecular formula is C11H22N2O. The minimum absolute atomic E-state index is 0.346. The van der Waals surface area contributed by atoms with Gasteiger partial charge in [-0.3, -0.25) is 0 Å². The monoisotopic (exact) mass is 198 g/mol. The van der Waals surface area contributed by atoms with Gasteiger partial charge >= 0.3 is 0 Å². The first kappa shape index (κ1) is 13.4. The molecule has 0 bridgehead atoms. The zero-order valence-electron chi connectivity index (χ0n) is 9.38. The summed E-state index contributed by atoms with van der Waals surface area (Å²) in [5.41, 5.74) is 0. The number of hydrogen-bond donors (Lipinski definition) is 1. The third kappa shape index (κ3) is 11.4. The molecular weight excluding hydrogens is 176 g/mol. The molecule has 3 nitrogen and oxygen atoms in total. The number of unbranched alkanes of at least 4 members (excludes halogenated alkanes) is 2. The number of nitriles is 1. The van der Waals surface area contributed by atoms with Gasteiger partial charge in [-0.05, 0) is 46.2 Å². The Labute approximate surface area is 87.4 Å². The molecule has 0 aliphatic rings. The van der Waals surface area contributed by atoms with Crippen LogP contribution in [0.25, 0.3) is 0 Å². The fourth-order valence-electron chi connectivity index (χ4n) is 1.09. The van der Waals surface area contributed by atoms with E-state index < -0.39 is 0 Å². The van der Waals surface area contributed by atoms with Gasteiger partial charge < -0.3 is 10.1 Å². The summed E-state index contributed by atoms with van der Waals surface area (Å²) >= 11 is 0. The van der Waals surface area contributed by atoms with Crippen LogP contribution in [0.15, 0.2) is 0 Å². The van der Waals surface area contributed by atoms with Crippen LogP contribution in [0.1, 0.15) is 39.5 Å². The molecule has 0 aliphatic carbocycles. The average molecular weight is 198 g/mol. The molecule has 0 rings (SSSR count). The van der Waals surface area contributed by atoms with Crippen LogP contribution in [0.2, 0.25) is 0 Å². The second-order valence-corrected chi connectivity index (χ2v) is 3.64. The predicted octanol–water partition coefficient (Wildman–Crippen LogP) is 2.08. The van der Waals surface area contributed by atoms with Crippen LogP contribution < -0.4 is 5.32 Å². The SMILES string of the molecule is CC(C)OCCCCNCCCC#N. The molecule has 0 saturated carbocycles. The highest BCUT2D eigenvalue weighted by molar-refractivity contribution is 4.68. The van der Waals surface area contributed by atoms with E-state index in [0.29, 0.717) is 12.5 Å². The molecule has 0 aromatic heterocycles. The van der Waals surface area contributed by atoms with Gasteiger partial charge in [-0.2, -0.15) is 5.26 Å². The van der Waals surface area contributed by atoms with E-state index in [2.05, 4.69) is 25.2 Å². The molecule has 1 N–H and O–H groups in total. The van der Waals surface area contributed by atoms with Gasteiger partial charge in [0, 0.05) is 13.0 Å². The van der Waals surface area contributed by atoms with Gasteiger partial charge in [0.05, 0.1) is 12.2 Å². The zero-order valence-corrected chi connectivity index (χ0v) is 9.38. The minimum Gasteiger partial charge on any atom is -0.379 e. The minimum atomic E-state index is 0.346. The second-order valence-electron chi connectivity index (χ2n) is 3.64. The van der Waals surface area contributed by atoms with Crippen LogP contribution in [0.5, 0.6) is 0 Å². The van der Waals surface area contributed by atoms with Gasteiger partial charge in [0.1, 0.15) is 0 Å². The van der Waals surface area contributed by atoms with Crippen molar-refractivity contribution in [1.29, 1.82) is 5.26 Å². The van der Waals surface area contributed by atoms with Crippen molar-refractivity contribution in [2.45, 2.75) is 45.6 Å². The van der Waals surface area contributed by atoms with Gasteiger partial charge in [-0.25, -0.2) is 0 Å². The van der Waals surface area contributed by atoms with E-state index in [1.807, 2.05) is 0 Å². The van der Waals surface area contributed by atoms with Gasteiger partial charge in [0.25, 0.3) is 0 Å². The smallest absolute Gasteiger partial charge is 0.0622 e. The van der Waals surface area contributed by atoms with E-state index in [4.69, 9.17) is 10.00 Å². The summed E-state index contributed by atoms with van der Waals surface area (Å²) in [5.74, 6) is 0. The summed E-state index contributed by atoms with van der Waals surface area (Å²) in [4.78, 5) is 0. The van der Waals surface area contributed by atoms with Crippen molar-refractivity contribution in [3.8, 4) is 6.07 Å². The second kappa shape index (κ2) is 10.5. The van der Waals surface area contributed by atoms with Gasteiger partial charge in [-0.1, -0.05) is 0 Å². The van der Waals surface area contributed by atoms with Crippen LogP contribution in [0, 0.1) is 11.3 Å². The Hall–Kier alpha value is -0.590. The van der Waals surface area contributed by atoms with Crippen LogP contribution in [-0.4, -0.2) is 25.8 Å². The Balaban J connectivity index is 2.89. The molecule has 0 aromatic carbocycles. The van der Waals surface area contributed by atoms with Crippen LogP contribution in [0.4, 0.5) is 0 Å². The topological polar surface area (TPSA) is 45.0 Å². The number of hydrogen-bond acceptors (Lipinski definition) is 3. The van der Waals surface area contributed by atoms with E-state index in [1.54, 1.807) is 0 Å². The van der Waals surface area contributed by atoms with Crippen molar-refractivity contribution < 1.29 is 4.74 Å². The Morgan fingerprint density at radius 1 is 1.21 bits per heavy atom. The van der Waals surface area contributed by atoms with Crippen molar-refractivity contribution in [2.24, 2.45) is 0 Å². The highest BCUT2D eigenvalue weighted by atomic mass is 16.5. The summed E-state index contributed by atoms with van der Waals surface area (Å²) in [7, 11) is 0. The van der Waals surface area contributed by atoms with E-state index >= 15 is 0 Å². The maximum Gasteiger partial charge on any atom is 0.0622 e. The molecule has 0 aliphatic heterocycles. The van der Waals surface area contributed by atoms with Crippen LogP contribution in [-0.2, 0) is 4.74 Å².